The zero-order valence-electron chi connectivity index (χ0n) is 10.0. The van der Waals surface area contributed by atoms with Crippen LogP contribution in [0.5, 0.6) is 0 Å². The van der Waals surface area contributed by atoms with Gasteiger partial charge in [0.05, 0.1) is 16.9 Å². The van der Waals surface area contributed by atoms with Crippen LogP contribution in [0.3, 0.4) is 0 Å². The molecular formula is C12H9ClN4O2S. The first kappa shape index (κ1) is 14.1. The van der Waals surface area contributed by atoms with Crippen molar-refractivity contribution in [3.05, 3.63) is 47.2 Å². The fraction of sp³-hybridized carbons (Fsp3) is 0. The molecule has 0 bridgehead atoms. The van der Waals surface area contributed by atoms with Crippen LogP contribution in [0.25, 0.3) is 0 Å². The summed E-state index contributed by atoms with van der Waals surface area (Å²) in [7, 11) is -3.94. The van der Waals surface area contributed by atoms with Crippen LogP contribution < -0.4 is 10.5 Å². The summed E-state index contributed by atoms with van der Waals surface area (Å²) >= 11 is 5.80. The molecule has 1 heterocycles. The third-order valence-corrected chi connectivity index (χ3v) is 4.10. The van der Waals surface area contributed by atoms with Crippen molar-refractivity contribution < 1.29 is 8.42 Å². The number of anilines is 2. The Hall–Kier alpha value is -2.30. The number of hydrogen-bond donors (Lipinski definition) is 2. The lowest BCUT2D eigenvalue weighted by atomic mass is 10.2. The Bertz CT molecular complexity index is 799. The molecule has 102 valence electrons. The van der Waals surface area contributed by atoms with Crippen molar-refractivity contribution in [3.8, 4) is 6.07 Å². The van der Waals surface area contributed by atoms with E-state index < -0.39 is 10.0 Å². The summed E-state index contributed by atoms with van der Waals surface area (Å²) in [5.41, 5.74) is 5.91. The Balaban J connectivity index is 2.47. The highest BCUT2D eigenvalue weighted by Gasteiger charge is 2.19. The molecule has 0 spiro atoms. The van der Waals surface area contributed by atoms with Gasteiger partial charge in [0.25, 0.3) is 10.0 Å². The zero-order valence-corrected chi connectivity index (χ0v) is 11.6. The summed E-state index contributed by atoms with van der Waals surface area (Å²) in [6, 6.07) is 7.52. The van der Waals surface area contributed by atoms with E-state index in [4.69, 9.17) is 22.6 Å². The second-order valence-electron chi connectivity index (χ2n) is 3.82. The van der Waals surface area contributed by atoms with Crippen molar-refractivity contribution in [2.24, 2.45) is 0 Å². The van der Waals surface area contributed by atoms with Crippen LogP contribution in [-0.2, 0) is 10.0 Å². The lowest BCUT2D eigenvalue weighted by molar-refractivity contribution is 0.601. The number of nitrogens with zero attached hydrogens (tertiary/aromatic N) is 2. The number of nitrogens with one attached hydrogen (secondary N) is 1. The highest BCUT2D eigenvalue weighted by Crippen LogP contribution is 2.25. The Morgan fingerprint density at radius 2 is 2.10 bits per heavy atom. The smallest absolute Gasteiger partial charge is 0.265 e. The summed E-state index contributed by atoms with van der Waals surface area (Å²) in [5.74, 6) is 0. The molecule has 0 fully saturated rings. The molecule has 8 heteroatoms. The van der Waals surface area contributed by atoms with Gasteiger partial charge >= 0.3 is 0 Å². The lowest BCUT2D eigenvalue weighted by Crippen LogP contribution is -2.15. The van der Waals surface area contributed by atoms with Crippen LogP contribution in [0.15, 0.2) is 41.6 Å². The summed E-state index contributed by atoms with van der Waals surface area (Å²) in [5, 5.41) is 9.27. The second kappa shape index (κ2) is 5.36. The van der Waals surface area contributed by atoms with Crippen LogP contribution in [0.1, 0.15) is 5.56 Å². The number of halogens is 1. The minimum absolute atomic E-state index is 0.0630. The minimum atomic E-state index is -3.94. The highest BCUT2D eigenvalue weighted by atomic mass is 35.5. The summed E-state index contributed by atoms with van der Waals surface area (Å²) in [6.07, 6.45) is 2.52. The van der Waals surface area contributed by atoms with Gasteiger partial charge in [-0.3, -0.25) is 9.71 Å². The molecule has 0 aliphatic rings. The lowest BCUT2D eigenvalue weighted by Gasteiger charge is -2.11. The van der Waals surface area contributed by atoms with Gasteiger partial charge in [-0.15, -0.1) is 0 Å². The molecule has 0 radical (unpaired) electrons. The van der Waals surface area contributed by atoms with E-state index in [1.807, 2.05) is 6.07 Å². The van der Waals surface area contributed by atoms with Crippen molar-refractivity contribution in [3.63, 3.8) is 0 Å². The number of rotatable bonds is 3. The Morgan fingerprint density at radius 3 is 2.75 bits per heavy atom. The quantitative estimate of drug-likeness (QED) is 0.901. The van der Waals surface area contributed by atoms with E-state index in [1.54, 1.807) is 0 Å². The van der Waals surface area contributed by atoms with E-state index in [-0.39, 0.29) is 21.8 Å². The number of nitrogens with two attached hydrogens (primary N) is 1. The summed E-state index contributed by atoms with van der Waals surface area (Å²) in [6.45, 7) is 0. The van der Waals surface area contributed by atoms with E-state index in [2.05, 4.69) is 9.71 Å². The zero-order chi connectivity index (χ0) is 14.8. The third kappa shape index (κ3) is 2.82. The number of benzene rings is 1. The molecule has 0 saturated heterocycles. The monoisotopic (exact) mass is 308 g/mol. The normalized spacial score (nSPS) is 10.8. The topological polar surface area (TPSA) is 109 Å². The molecule has 0 atom stereocenters. The molecule has 0 amide bonds. The second-order valence-corrected chi connectivity index (χ2v) is 5.91. The SMILES string of the molecule is N#Cc1ccc(Cl)cc1NS(=O)(=O)c1cnccc1N. The third-order valence-electron chi connectivity index (χ3n) is 2.45. The first-order valence-electron chi connectivity index (χ1n) is 5.36. The van der Waals surface area contributed by atoms with Crippen LogP contribution in [0, 0.1) is 11.3 Å². The highest BCUT2D eigenvalue weighted by molar-refractivity contribution is 7.92. The summed E-state index contributed by atoms with van der Waals surface area (Å²) < 4.78 is 26.7. The Labute approximate surface area is 120 Å². The summed E-state index contributed by atoms with van der Waals surface area (Å²) in [4.78, 5) is 3.56. The van der Waals surface area contributed by atoms with Gasteiger partial charge in [0, 0.05) is 17.4 Å². The maximum Gasteiger partial charge on any atom is 0.265 e. The first-order valence-corrected chi connectivity index (χ1v) is 7.22. The van der Waals surface area contributed by atoms with Crippen molar-refractivity contribution in [1.82, 2.24) is 4.98 Å². The largest absolute Gasteiger partial charge is 0.398 e. The molecule has 0 unspecified atom stereocenters. The molecular weight excluding hydrogens is 300 g/mol. The standard InChI is InChI=1S/C12H9ClN4O2S/c13-9-2-1-8(6-14)11(5-9)17-20(18,19)12-7-16-4-3-10(12)15/h1-5,7,17H,(H2,15,16). The molecule has 3 N–H and O–H groups in total. The van der Waals surface area contributed by atoms with Gasteiger partial charge in [-0.25, -0.2) is 8.42 Å². The van der Waals surface area contributed by atoms with Gasteiger partial charge < -0.3 is 5.73 Å². The van der Waals surface area contributed by atoms with Gasteiger partial charge in [0.1, 0.15) is 11.0 Å². The molecule has 2 rings (SSSR count). The van der Waals surface area contributed by atoms with Crippen LogP contribution in [-0.4, -0.2) is 13.4 Å². The number of pyridine rings is 1. The molecule has 1 aromatic heterocycles. The molecule has 6 nitrogen and oxygen atoms in total. The van der Waals surface area contributed by atoms with Crippen molar-refractivity contribution in [2.75, 3.05) is 10.5 Å². The Kier molecular flexibility index (Phi) is 3.79. The van der Waals surface area contributed by atoms with Gasteiger partial charge in [-0.05, 0) is 24.3 Å². The maximum atomic E-state index is 12.2. The van der Waals surface area contributed by atoms with E-state index in [0.717, 1.165) is 6.20 Å². The van der Waals surface area contributed by atoms with Gasteiger partial charge in [0.15, 0.2) is 0 Å². The average molecular weight is 309 g/mol. The number of hydrogen-bond acceptors (Lipinski definition) is 5. The van der Waals surface area contributed by atoms with Gasteiger partial charge in [-0.1, -0.05) is 11.6 Å². The van der Waals surface area contributed by atoms with E-state index in [9.17, 15) is 8.42 Å². The van der Waals surface area contributed by atoms with Crippen molar-refractivity contribution in [2.45, 2.75) is 4.90 Å². The number of sulfonamides is 1. The van der Waals surface area contributed by atoms with Crippen molar-refractivity contribution in [1.29, 1.82) is 5.26 Å². The average Bonchev–Trinajstić information content (AvgIpc) is 2.39. The molecule has 0 aliphatic heterocycles. The minimum Gasteiger partial charge on any atom is -0.398 e. The molecule has 20 heavy (non-hydrogen) atoms. The number of nitriles is 1. The predicted molar refractivity (Wildman–Crippen MR) is 75.6 cm³/mol. The van der Waals surface area contributed by atoms with Gasteiger partial charge in [-0.2, -0.15) is 5.26 Å². The fourth-order valence-electron chi connectivity index (χ4n) is 1.51. The van der Waals surface area contributed by atoms with Crippen LogP contribution in [0.4, 0.5) is 11.4 Å². The molecule has 2 aromatic rings. The maximum absolute atomic E-state index is 12.2. The van der Waals surface area contributed by atoms with Gasteiger partial charge in [0.2, 0.25) is 0 Å². The predicted octanol–water partition coefficient (Wildman–Crippen LogP) is 1.99. The number of aromatic nitrogens is 1. The van der Waals surface area contributed by atoms with Crippen LogP contribution in [0.2, 0.25) is 5.02 Å². The van der Waals surface area contributed by atoms with E-state index in [1.165, 1.54) is 30.5 Å². The first-order chi connectivity index (χ1) is 9.44. The van der Waals surface area contributed by atoms with Crippen LogP contribution >= 0.6 is 11.6 Å². The van der Waals surface area contributed by atoms with Crippen molar-refractivity contribution >= 4 is 33.0 Å². The molecule has 0 aliphatic carbocycles. The molecule has 1 aromatic carbocycles. The van der Waals surface area contributed by atoms with E-state index >= 15 is 0 Å². The molecule has 0 saturated carbocycles. The fourth-order valence-corrected chi connectivity index (χ4v) is 2.83. The Morgan fingerprint density at radius 1 is 1.35 bits per heavy atom. The number of nitrogen functional groups attached to an aromatic ring is 1. The van der Waals surface area contributed by atoms with E-state index in [0.29, 0.717) is 5.02 Å².